The number of aromatic nitrogens is 3. The Morgan fingerprint density at radius 2 is 1.81 bits per heavy atom. The minimum absolute atomic E-state index is 0.185. The van der Waals surface area contributed by atoms with Crippen molar-refractivity contribution in [2.24, 2.45) is 7.05 Å². The van der Waals surface area contributed by atoms with Crippen molar-refractivity contribution >= 4 is 11.6 Å². The van der Waals surface area contributed by atoms with Gasteiger partial charge in [0.25, 0.3) is 0 Å². The third-order valence-electron chi connectivity index (χ3n) is 2.55. The van der Waals surface area contributed by atoms with Crippen LogP contribution in [0.1, 0.15) is 11.1 Å². The van der Waals surface area contributed by atoms with Crippen LogP contribution in [0.5, 0.6) is 0 Å². The molecule has 1 aromatic carbocycles. The second kappa shape index (κ2) is 3.79. The average molecular weight is 238 g/mol. The molecule has 1 aromatic heterocycles. The van der Waals surface area contributed by atoms with E-state index in [9.17, 15) is 4.79 Å². The maximum atomic E-state index is 11.9. The summed E-state index contributed by atoms with van der Waals surface area (Å²) in [7, 11) is 1.58. The van der Waals surface area contributed by atoms with Crippen LogP contribution in [0.15, 0.2) is 23.0 Å². The third-order valence-corrected chi connectivity index (χ3v) is 2.79. The number of hydrogen-bond donors (Lipinski definition) is 0. The normalized spacial score (nSPS) is 10.8. The molecule has 0 aliphatic heterocycles. The molecule has 0 N–H and O–H groups in total. The Balaban J connectivity index is 2.82. The molecule has 0 spiro atoms. The molecule has 0 unspecified atom stereocenters. The van der Waals surface area contributed by atoms with Crippen LogP contribution in [0.4, 0.5) is 0 Å². The Kier molecular flexibility index (Phi) is 2.59. The van der Waals surface area contributed by atoms with E-state index in [1.807, 2.05) is 32.0 Å². The summed E-state index contributed by atoms with van der Waals surface area (Å²) >= 11 is 5.96. The number of hydrogen-bond acceptors (Lipinski definition) is 2. The quantitative estimate of drug-likeness (QED) is 0.759. The maximum absolute atomic E-state index is 11.9. The summed E-state index contributed by atoms with van der Waals surface area (Å²) < 4.78 is 2.65. The highest BCUT2D eigenvalue weighted by atomic mass is 35.5. The molecule has 0 fully saturated rings. The summed E-state index contributed by atoms with van der Waals surface area (Å²) in [4.78, 5) is 11.9. The van der Waals surface area contributed by atoms with Crippen molar-refractivity contribution in [1.82, 2.24) is 14.3 Å². The molecule has 0 saturated carbocycles. The molecule has 0 bridgehead atoms. The van der Waals surface area contributed by atoms with E-state index in [4.69, 9.17) is 11.6 Å². The molecular formula is C11H12ClN3O. The highest BCUT2D eigenvalue weighted by molar-refractivity contribution is 6.28. The molecular weight excluding hydrogens is 226 g/mol. The Hall–Kier alpha value is -1.55. The van der Waals surface area contributed by atoms with Gasteiger partial charge in [-0.05, 0) is 36.6 Å². The van der Waals surface area contributed by atoms with E-state index in [2.05, 4.69) is 5.10 Å². The van der Waals surface area contributed by atoms with Crippen molar-refractivity contribution in [1.29, 1.82) is 0 Å². The minimum Gasteiger partial charge on any atom is -0.246 e. The number of benzene rings is 1. The van der Waals surface area contributed by atoms with Gasteiger partial charge in [0.2, 0.25) is 5.28 Å². The van der Waals surface area contributed by atoms with Crippen molar-refractivity contribution in [3.05, 3.63) is 45.1 Å². The molecule has 84 valence electrons. The first kappa shape index (κ1) is 11.0. The van der Waals surface area contributed by atoms with E-state index in [1.165, 1.54) is 9.25 Å². The molecule has 0 saturated heterocycles. The van der Waals surface area contributed by atoms with Gasteiger partial charge in [0, 0.05) is 7.05 Å². The zero-order valence-electron chi connectivity index (χ0n) is 9.36. The van der Waals surface area contributed by atoms with Gasteiger partial charge in [0.15, 0.2) is 0 Å². The molecule has 4 nitrogen and oxygen atoms in total. The number of nitrogens with zero attached hydrogens (tertiary/aromatic N) is 3. The monoisotopic (exact) mass is 237 g/mol. The predicted octanol–water partition coefficient (Wildman–Crippen LogP) is 1.84. The van der Waals surface area contributed by atoms with E-state index in [-0.39, 0.29) is 11.0 Å². The molecule has 5 heteroatoms. The van der Waals surface area contributed by atoms with Gasteiger partial charge < -0.3 is 0 Å². The van der Waals surface area contributed by atoms with Crippen LogP contribution in [0.25, 0.3) is 5.69 Å². The molecule has 2 aromatic rings. The second-order valence-electron chi connectivity index (χ2n) is 3.75. The molecule has 16 heavy (non-hydrogen) atoms. The molecule has 0 aliphatic carbocycles. The van der Waals surface area contributed by atoms with Crippen molar-refractivity contribution in [2.45, 2.75) is 13.8 Å². The van der Waals surface area contributed by atoms with Crippen LogP contribution >= 0.6 is 11.6 Å². The fourth-order valence-corrected chi connectivity index (χ4v) is 2.05. The highest BCUT2D eigenvalue weighted by Gasteiger charge is 2.14. The first-order valence-electron chi connectivity index (χ1n) is 4.90. The van der Waals surface area contributed by atoms with Crippen LogP contribution in [0.2, 0.25) is 5.28 Å². The van der Waals surface area contributed by atoms with E-state index in [1.54, 1.807) is 7.05 Å². The van der Waals surface area contributed by atoms with E-state index in [0.29, 0.717) is 0 Å². The summed E-state index contributed by atoms with van der Waals surface area (Å²) in [6.07, 6.45) is 0. The van der Waals surface area contributed by atoms with Crippen LogP contribution in [0, 0.1) is 13.8 Å². The Morgan fingerprint density at radius 1 is 1.25 bits per heavy atom. The second-order valence-corrected chi connectivity index (χ2v) is 4.09. The van der Waals surface area contributed by atoms with Gasteiger partial charge in [-0.1, -0.05) is 18.2 Å². The lowest BCUT2D eigenvalue weighted by molar-refractivity contribution is 0.725. The standard InChI is InChI=1S/C11H12ClN3O/c1-7-5-4-6-8(2)9(7)15-10(12)13-14(3)11(15)16/h4-6H,1-3H3. The van der Waals surface area contributed by atoms with Crippen LogP contribution in [-0.2, 0) is 7.05 Å². The van der Waals surface area contributed by atoms with Gasteiger partial charge in [-0.3, -0.25) is 0 Å². The molecule has 1 heterocycles. The molecule has 0 radical (unpaired) electrons. The van der Waals surface area contributed by atoms with Gasteiger partial charge in [-0.25, -0.2) is 14.0 Å². The van der Waals surface area contributed by atoms with Crippen LogP contribution in [-0.4, -0.2) is 14.3 Å². The van der Waals surface area contributed by atoms with Crippen LogP contribution in [0.3, 0.4) is 0 Å². The number of halogens is 1. The van der Waals surface area contributed by atoms with E-state index in [0.717, 1.165) is 16.8 Å². The van der Waals surface area contributed by atoms with Gasteiger partial charge >= 0.3 is 5.69 Å². The Bertz CT molecular complexity index is 578. The Morgan fingerprint density at radius 3 is 2.25 bits per heavy atom. The lowest BCUT2D eigenvalue weighted by Crippen LogP contribution is -2.22. The van der Waals surface area contributed by atoms with Gasteiger partial charge in [-0.15, -0.1) is 5.10 Å². The summed E-state index contributed by atoms with van der Waals surface area (Å²) in [6.45, 7) is 3.89. The third kappa shape index (κ3) is 1.55. The average Bonchev–Trinajstić information content (AvgIpc) is 2.44. The lowest BCUT2D eigenvalue weighted by atomic mass is 10.1. The molecule has 0 amide bonds. The highest BCUT2D eigenvalue weighted by Crippen LogP contribution is 2.19. The lowest BCUT2D eigenvalue weighted by Gasteiger charge is -2.09. The van der Waals surface area contributed by atoms with Crippen molar-refractivity contribution < 1.29 is 0 Å². The van der Waals surface area contributed by atoms with Crippen molar-refractivity contribution in [2.75, 3.05) is 0 Å². The zero-order valence-corrected chi connectivity index (χ0v) is 10.1. The first-order chi connectivity index (χ1) is 7.52. The summed E-state index contributed by atoms with van der Waals surface area (Å²) in [5.74, 6) is 0. The van der Waals surface area contributed by atoms with Gasteiger partial charge in [0.1, 0.15) is 0 Å². The van der Waals surface area contributed by atoms with E-state index >= 15 is 0 Å². The summed E-state index contributed by atoms with van der Waals surface area (Å²) in [5.41, 5.74) is 2.57. The van der Waals surface area contributed by atoms with Gasteiger partial charge in [0.05, 0.1) is 5.69 Å². The fraction of sp³-hybridized carbons (Fsp3) is 0.273. The SMILES string of the molecule is Cc1cccc(C)c1-n1c(Cl)nn(C)c1=O. The smallest absolute Gasteiger partial charge is 0.246 e. The number of aryl methyl sites for hydroxylation is 3. The summed E-state index contributed by atoms with van der Waals surface area (Å²) in [5, 5.41) is 4.09. The van der Waals surface area contributed by atoms with E-state index < -0.39 is 0 Å². The largest absolute Gasteiger partial charge is 0.351 e. The van der Waals surface area contributed by atoms with Crippen molar-refractivity contribution in [3.63, 3.8) is 0 Å². The van der Waals surface area contributed by atoms with Gasteiger partial charge in [-0.2, -0.15) is 0 Å². The maximum Gasteiger partial charge on any atom is 0.351 e. The zero-order chi connectivity index (χ0) is 11.9. The fourth-order valence-electron chi connectivity index (χ4n) is 1.78. The van der Waals surface area contributed by atoms with Crippen molar-refractivity contribution in [3.8, 4) is 5.69 Å². The first-order valence-corrected chi connectivity index (χ1v) is 5.28. The summed E-state index contributed by atoms with van der Waals surface area (Å²) in [6, 6.07) is 5.83. The number of rotatable bonds is 1. The topological polar surface area (TPSA) is 39.8 Å². The minimum atomic E-state index is -0.234. The molecule has 0 aliphatic rings. The van der Waals surface area contributed by atoms with Crippen LogP contribution < -0.4 is 5.69 Å². The molecule has 0 atom stereocenters. The Labute approximate surface area is 98.1 Å². The number of para-hydroxylation sites is 1. The predicted molar refractivity (Wildman–Crippen MR) is 63.3 cm³/mol. The molecule has 2 rings (SSSR count).